The number of furan rings is 1. The van der Waals surface area contributed by atoms with Crippen molar-refractivity contribution in [2.75, 3.05) is 0 Å². The van der Waals surface area contributed by atoms with E-state index in [0.29, 0.717) is 0 Å². The number of aromatic amines is 1. The van der Waals surface area contributed by atoms with Crippen LogP contribution in [-0.2, 0) is 14.4 Å². The van der Waals surface area contributed by atoms with Crippen LogP contribution in [-0.4, -0.2) is 44.1 Å². The molecule has 4 aliphatic rings. The lowest BCUT2D eigenvalue weighted by Gasteiger charge is -2.42. The average molecular weight is 447 g/mol. The zero-order valence-electron chi connectivity index (χ0n) is 15.8. The molecule has 0 spiro atoms. The summed E-state index contributed by atoms with van der Waals surface area (Å²) in [4.78, 5) is 54.6. The fraction of sp³-hybridized carbons (Fsp3) is 0.500. The lowest BCUT2D eigenvalue weighted by Crippen LogP contribution is -2.44. The number of rotatable bonds is 3. The molecule has 4 heterocycles. The molecular formula is C20H18N2O6S2. The van der Waals surface area contributed by atoms with Crippen LogP contribution in [0, 0.1) is 29.6 Å². The van der Waals surface area contributed by atoms with Gasteiger partial charge in [0.2, 0.25) is 11.8 Å². The normalized spacial score (nSPS) is 37.2. The Hall–Kier alpha value is -2.33. The number of thiazole rings is 1. The molecule has 1 saturated heterocycles. The van der Waals surface area contributed by atoms with Crippen molar-refractivity contribution in [3.8, 4) is 0 Å². The van der Waals surface area contributed by atoms with E-state index >= 15 is 0 Å². The van der Waals surface area contributed by atoms with Crippen molar-refractivity contribution in [1.29, 1.82) is 0 Å². The minimum Gasteiger partial charge on any atom is -0.480 e. The molecule has 10 heteroatoms. The largest absolute Gasteiger partial charge is 0.480 e. The van der Waals surface area contributed by atoms with Crippen LogP contribution in [0.1, 0.15) is 29.9 Å². The number of carbonyl (C=O) groups is 3. The molecule has 2 saturated carbocycles. The van der Waals surface area contributed by atoms with Crippen LogP contribution in [0.2, 0.25) is 0 Å². The smallest absolute Gasteiger partial charge is 0.326 e. The van der Waals surface area contributed by atoms with Gasteiger partial charge in [-0.1, -0.05) is 11.3 Å². The van der Waals surface area contributed by atoms with E-state index in [1.54, 1.807) is 18.0 Å². The first-order valence-electron chi connectivity index (χ1n) is 9.91. The summed E-state index contributed by atoms with van der Waals surface area (Å²) in [6.07, 6.45) is 2.37. The number of nitrogens with one attached hydrogen (secondary N) is 1. The molecule has 2 aliphatic carbocycles. The molecule has 156 valence electrons. The van der Waals surface area contributed by atoms with E-state index in [1.165, 1.54) is 18.3 Å². The predicted molar refractivity (Wildman–Crippen MR) is 106 cm³/mol. The third-order valence-electron chi connectivity index (χ3n) is 7.35. The number of fused-ring (bicyclic) bond motifs is 9. The Morgan fingerprint density at radius 3 is 2.67 bits per heavy atom. The van der Waals surface area contributed by atoms with Gasteiger partial charge in [0.1, 0.15) is 11.8 Å². The molecule has 2 N–H and O–H groups in total. The summed E-state index contributed by atoms with van der Waals surface area (Å²) in [7, 11) is 0. The maximum absolute atomic E-state index is 13.2. The summed E-state index contributed by atoms with van der Waals surface area (Å²) in [6, 6.07) is 2.55. The molecule has 8 atom stereocenters. The minimum absolute atomic E-state index is 0.0218. The predicted octanol–water partition coefficient (Wildman–Crippen LogP) is 1.98. The molecule has 3 fully saturated rings. The number of amides is 2. The highest BCUT2D eigenvalue weighted by atomic mass is 32.2. The van der Waals surface area contributed by atoms with Crippen molar-refractivity contribution in [3.05, 3.63) is 38.7 Å². The molecule has 2 aromatic rings. The molecule has 30 heavy (non-hydrogen) atoms. The Labute approximate surface area is 178 Å². The van der Waals surface area contributed by atoms with E-state index in [2.05, 4.69) is 4.98 Å². The van der Waals surface area contributed by atoms with Gasteiger partial charge >= 0.3 is 10.8 Å². The number of aliphatic carboxylic acids is 1. The number of likely N-dealkylation sites (tertiary alicyclic amines) is 1. The van der Waals surface area contributed by atoms with Gasteiger partial charge in [0, 0.05) is 5.25 Å². The van der Waals surface area contributed by atoms with Crippen molar-refractivity contribution < 1.29 is 23.9 Å². The Bertz CT molecular complexity index is 1140. The van der Waals surface area contributed by atoms with Gasteiger partial charge in [-0.15, -0.1) is 11.8 Å². The summed E-state index contributed by atoms with van der Waals surface area (Å²) in [6.45, 7) is 1.39. The van der Waals surface area contributed by atoms with E-state index in [9.17, 15) is 24.3 Å². The summed E-state index contributed by atoms with van der Waals surface area (Å²) in [5.41, 5.74) is 0. The molecule has 0 aromatic carbocycles. The molecule has 2 aliphatic heterocycles. The number of nitrogens with zero attached hydrogens (tertiary/aromatic N) is 1. The van der Waals surface area contributed by atoms with Crippen molar-refractivity contribution in [3.63, 3.8) is 0 Å². The Morgan fingerprint density at radius 1 is 1.27 bits per heavy atom. The van der Waals surface area contributed by atoms with Crippen LogP contribution >= 0.6 is 23.1 Å². The number of thioether (sulfide) groups is 1. The Balaban J connectivity index is 1.45. The van der Waals surface area contributed by atoms with Gasteiger partial charge in [0.25, 0.3) is 0 Å². The molecule has 2 amide bonds. The van der Waals surface area contributed by atoms with Gasteiger partial charge < -0.3 is 14.5 Å². The van der Waals surface area contributed by atoms with Gasteiger partial charge in [0.05, 0.1) is 33.9 Å². The molecule has 8 nitrogen and oxygen atoms in total. The van der Waals surface area contributed by atoms with Crippen molar-refractivity contribution in [2.24, 2.45) is 29.6 Å². The number of hydrogen-bond donors (Lipinski definition) is 2. The van der Waals surface area contributed by atoms with Crippen LogP contribution in [0.3, 0.4) is 0 Å². The fourth-order valence-corrected chi connectivity index (χ4v) is 9.19. The van der Waals surface area contributed by atoms with E-state index in [-0.39, 0.29) is 45.6 Å². The molecule has 2 bridgehead atoms. The maximum Gasteiger partial charge on any atom is 0.326 e. The molecule has 2 aromatic heterocycles. The number of imide groups is 1. The van der Waals surface area contributed by atoms with Crippen LogP contribution in [0.5, 0.6) is 0 Å². The number of H-pyrrole nitrogens is 1. The molecule has 0 unspecified atom stereocenters. The number of aromatic nitrogens is 1. The van der Waals surface area contributed by atoms with Crippen molar-refractivity contribution in [1.82, 2.24) is 9.88 Å². The number of carboxylic acids is 1. The van der Waals surface area contributed by atoms with Crippen molar-refractivity contribution >= 4 is 40.9 Å². The van der Waals surface area contributed by atoms with E-state index < -0.39 is 23.8 Å². The third kappa shape index (κ3) is 2.18. The first-order valence-corrected chi connectivity index (χ1v) is 11.6. The number of hydrogen-bond acceptors (Lipinski definition) is 7. The third-order valence-corrected chi connectivity index (χ3v) is 9.94. The first kappa shape index (κ1) is 18.4. The second-order valence-electron chi connectivity index (χ2n) is 8.54. The van der Waals surface area contributed by atoms with Gasteiger partial charge in [-0.25, -0.2) is 4.79 Å². The van der Waals surface area contributed by atoms with Gasteiger partial charge in [-0.3, -0.25) is 19.3 Å². The van der Waals surface area contributed by atoms with Crippen LogP contribution in [0.15, 0.2) is 32.6 Å². The summed E-state index contributed by atoms with van der Waals surface area (Å²) in [5.74, 6) is -2.23. The van der Waals surface area contributed by atoms with Gasteiger partial charge in [-0.05, 0) is 43.2 Å². The highest BCUT2D eigenvalue weighted by Gasteiger charge is 2.70. The van der Waals surface area contributed by atoms with Gasteiger partial charge in [0.15, 0.2) is 0 Å². The Kier molecular flexibility index (Phi) is 3.75. The van der Waals surface area contributed by atoms with Crippen molar-refractivity contribution in [2.45, 2.75) is 35.6 Å². The highest BCUT2D eigenvalue weighted by molar-refractivity contribution is 8.00. The lowest BCUT2D eigenvalue weighted by atomic mass is 9.69. The highest BCUT2D eigenvalue weighted by Crippen LogP contribution is 2.68. The quantitative estimate of drug-likeness (QED) is 0.692. The standard InChI is InChI=1S/C20H18N2O6S2/c1-6(19(25)26)22-17(23)11-7-5-8(12(11)18(22)24)14-10(7)13(9-3-2-4-28-9)15-16(29-14)21-20(27)30-15/h2-4,6-8,10-14H,5H2,1H3,(H,21,27)(H,25,26)/t6-,7-,8+,10+,11+,12+,13-,14-/m1/s1. The zero-order chi connectivity index (χ0) is 20.9. The van der Waals surface area contributed by atoms with E-state index in [0.717, 1.165) is 27.0 Å². The van der Waals surface area contributed by atoms with Crippen LogP contribution in [0.4, 0.5) is 0 Å². The maximum atomic E-state index is 13.2. The topological polar surface area (TPSA) is 121 Å². The summed E-state index contributed by atoms with van der Waals surface area (Å²) >= 11 is 2.77. The minimum atomic E-state index is -1.18. The molecule has 6 rings (SSSR count). The van der Waals surface area contributed by atoms with E-state index in [4.69, 9.17) is 4.42 Å². The number of carbonyl (C=O) groups excluding carboxylic acids is 2. The summed E-state index contributed by atoms with van der Waals surface area (Å²) in [5, 5.41) is 10.3. The van der Waals surface area contributed by atoms with Crippen LogP contribution in [0.25, 0.3) is 0 Å². The fourth-order valence-electron chi connectivity index (χ4n) is 6.32. The van der Waals surface area contributed by atoms with Crippen LogP contribution < -0.4 is 4.87 Å². The average Bonchev–Trinajstić information content (AvgIpc) is 3.48. The zero-order valence-corrected chi connectivity index (χ0v) is 17.4. The SMILES string of the molecule is C[C@H](C(=O)O)N1C(=O)[C@H]2[C@@H]3C[C@@H]([C@@H]2C1=O)[C@H]1[C@@H](c2ccco2)c2sc(=O)[nH]c2S[C@H]31. The molecule has 0 radical (unpaired) electrons. The molecular weight excluding hydrogens is 428 g/mol. The first-order chi connectivity index (χ1) is 14.4. The second kappa shape index (κ2) is 6.10. The lowest BCUT2D eigenvalue weighted by molar-refractivity contribution is -0.154. The number of carboxylic acid groups (broad SMARTS) is 1. The van der Waals surface area contributed by atoms with E-state index in [1.807, 2.05) is 12.1 Å². The van der Waals surface area contributed by atoms with Gasteiger partial charge in [-0.2, -0.15) is 0 Å². The second-order valence-corrected chi connectivity index (χ2v) is 10.7. The monoisotopic (exact) mass is 446 g/mol. The Morgan fingerprint density at radius 2 is 2.00 bits per heavy atom. The summed E-state index contributed by atoms with van der Waals surface area (Å²) < 4.78 is 5.75.